The van der Waals surface area contributed by atoms with Crippen LogP contribution in [-0.4, -0.2) is 28.7 Å². The van der Waals surface area contributed by atoms with Gasteiger partial charge in [0.25, 0.3) is 5.69 Å². The molecule has 0 aliphatic rings. The first-order valence-corrected chi connectivity index (χ1v) is 6.29. The maximum Gasteiger partial charge on any atom is 0.319 e. The lowest BCUT2D eigenvalue weighted by Crippen LogP contribution is -2.36. The Hall–Kier alpha value is -2.15. The Morgan fingerprint density at radius 2 is 2.10 bits per heavy atom. The minimum absolute atomic E-state index is 0.0175. The summed E-state index contributed by atoms with van der Waals surface area (Å²) in [6, 6.07) is 2.39. The Kier molecular flexibility index (Phi) is 5.45. The van der Waals surface area contributed by atoms with E-state index in [2.05, 4.69) is 10.6 Å². The van der Waals surface area contributed by atoms with Crippen molar-refractivity contribution in [1.82, 2.24) is 5.32 Å². The van der Waals surface area contributed by atoms with Gasteiger partial charge in [0.1, 0.15) is 0 Å². The van der Waals surface area contributed by atoms with Crippen LogP contribution in [-0.2, 0) is 0 Å². The second-order valence-electron chi connectivity index (χ2n) is 4.67. The van der Waals surface area contributed by atoms with Crippen LogP contribution >= 0.6 is 0 Å². The third-order valence-corrected chi connectivity index (χ3v) is 3.02. The quantitative estimate of drug-likeness (QED) is 0.567. The average molecular weight is 281 g/mol. The van der Waals surface area contributed by atoms with Gasteiger partial charge in [-0.1, -0.05) is 6.07 Å². The molecule has 110 valence electrons. The monoisotopic (exact) mass is 281 g/mol. The molecule has 7 nitrogen and oxygen atoms in total. The lowest BCUT2D eigenvalue weighted by molar-refractivity contribution is -0.385. The zero-order chi connectivity index (χ0) is 15.3. The van der Waals surface area contributed by atoms with Gasteiger partial charge in [-0.2, -0.15) is 0 Å². The van der Waals surface area contributed by atoms with Crippen molar-refractivity contribution in [3.63, 3.8) is 0 Å². The highest BCUT2D eigenvalue weighted by Gasteiger charge is 2.17. The number of nitrogens with one attached hydrogen (secondary N) is 2. The first-order valence-electron chi connectivity index (χ1n) is 6.29. The van der Waals surface area contributed by atoms with Crippen LogP contribution < -0.4 is 10.6 Å². The summed E-state index contributed by atoms with van der Waals surface area (Å²) in [5.74, 6) is 0. The van der Waals surface area contributed by atoms with Gasteiger partial charge in [0.15, 0.2) is 0 Å². The molecule has 0 spiro atoms. The summed E-state index contributed by atoms with van der Waals surface area (Å²) in [5.41, 5.74) is 1.57. The van der Waals surface area contributed by atoms with Crippen LogP contribution in [0.2, 0.25) is 0 Å². The summed E-state index contributed by atoms with van der Waals surface area (Å²) >= 11 is 0. The Morgan fingerprint density at radius 1 is 1.45 bits per heavy atom. The molecule has 0 aromatic heterocycles. The smallest absolute Gasteiger partial charge is 0.319 e. The van der Waals surface area contributed by atoms with Crippen LogP contribution in [0, 0.1) is 24.0 Å². The van der Waals surface area contributed by atoms with Crippen molar-refractivity contribution >= 4 is 17.4 Å². The van der Waals surface area contributed by atoms with Crippen molar-refractivity contribution in [3.05, 3.63) is 33.4 Å². The van der Waals surface area contributed by atoms with Crippen molar-refractivity contribution in [2.24, 2.45) is 0 Å². The second-order valence-corrected chi connectivity index (χ2v) is 4.67. The molecular formula is C13H19N3O4. The summed E-state index contributed by atoms with van der Waals surface area (Å²) in [6.07, 6.45) is 0.445. The zero-order valence-corrected chi connectivity index (χ0v) is 11.8. The van der Waals surface area contributed by atoms with Crippen molar-refractivity contribution in [2.45, 2.75) is 33.2 Å². The first-order chi connectivity index (χ1) is 9.36. The van der Waals surface area contributed by atoms with Crippen LogP contribution in [0.4, 0.5) is 16.2 Å². The van der Waals surface area contributed by atoms with E-state index in [0.717, 1.165) is 5.56 Å². The zero-order valence-electron chi connectivity index (χ0n) is 11.8. The van der Waals surface area contributed by atoms with Crippen LogP contribution in [0.15, 0.2) is 12.1 Å². The highest BCUT2D eigenvalue weighted by atomic mass is 16.6. The Balaban J connectivity index is 2.89. The molecule has 0 saturated carbocycles. The van der Waals surface area contributed by atoms with E-state index >= 15 is 0 Å². The van der Waals surface area contributed by atoms with E-state index in [-0.39, 0.29) is 18.3 Å². The fourth-order valence-corrected chi connectivity index (χ4v) is 1.87. The molecule has 0 bridgehead atoms. The van der Waals surface area contributed by atoms with Gasteiger partial charge in [-0.05, 0) is 32.8 Å². The number of hydrogen-bond acceptors (Lipinski definition) is 4. The number of carbonyl (C=O) groups excluding carboxylic acids is 1. The number of anilines is 1. The molecule has 1 rings (SSSR count). The minimum Gasteiger partial charge on any atom is -0.396 e. The van der Waals surface area contributed by atoms with E-state index in [9.17, 15) is 14.9 Å². The van der Waals surface area contributed by atoms with E-state index < -0.39 is 11.0 Å². The predicted molar refractivity (Wildman–Crippen MR) is 75.9 cm³/mol. The van der Waals surface area contributed by atoms with Crippen LogP contribution in [0.25, 0.3) is 0 Å². The number of urea groups is 1. The number of benzene rings is 1. The number of nitro groups is 1. The molecule has 0 aliphatic carbocycles. The molecule has 0 fully saturated rings. The molecule has 1 aromatic carbocycles. The van der Waals surface area contributed by atoms with Crippen molar-refractivity contribution in [3.8, 4) is 0 Å². The Bertz CT molecular complexity index is 517. The van der Waals surface area contributed by atoms with Crippen LogP contribution in [0.5, 0.6) is 0 Å². The molecule has 1 atom stereocenters. The number of hydrogen-bond donors (Lipinski definition) is 3. The van der Waals surface area contributed by atoms with Gasteiger partial charge in [0.2, 0.25) is 0 Å². The molecule has 0 unspecified atom stereocenters. The van der Waals surface area contributed by atoms with E-state index in [0.29, 0.717) is 17.7 Å². The number of nitro benzene ring substituents is 1. The van der Waals surface area contributed by atoms with Crippen LogP contribution in [0.3, 0.4) is 0 Å². The summed E-state index contributed by atoms with van der Waals surface area (Å²) in [7, 11) is 0. The maximum absolute atomic E-state index is 11.8. The number of nitrogens with zero attached hydrogens (tertiary/aromatic N) is 1. The average Bonchev–Trinajstić information content (AvgIpc) is 2.34. The molecule has 0 saturated heterocycles. The minimum atomic E-state index is -0.480. The fraction of sp³-hybridized carbons (Fsp3) is 0.462. The molecule has 0 aliphatic heterocycles. The third kappa shape index (κ3) is 3.92. The normalized spacial score (nSPS) is 11.8. The first kappa shape index (κ1) is 15.9. The predicted octanol–water partition coefficient (Wildman–Crippen LogP) is 2.10. The summed E-state index contributed by atoms with van der Waals surface area (Å²) in [5, 5.41) is 24.9. The van der Waals surface area contributed by atoms with Gasteiger partial charge in [-0.25, -0.2) is 4.79 Å². The Labute approximate surface area is 117 Å². The van der Waals surface area contributed by atoms with Gasteiger partial charge >= 0.3 is 6.03 Å². The largest absolute Gasteiger partial charge is 0.396 e. The van der Waals surface area contributed by atoms with Gasteiger partial charge in [-0.3, -0.25) is 10.1 Å². The third-order valence-electron chi connectivity index (χ3n) is 3.02. The van der Waals surface area contributed by atoms with Crippen LogP contribution in [0.1, 0.15) is 24.5 Å². The molecule has 0 heterocycles. The molecule has 3 N–H and O–H groups in total. The molecule has 20 heavy (non-hydrogen) atoms. The fourth-order valence-electron chi connectivity index (χ4n) is 1.87. The number of carbonyl (C=O) groups is 1. The molecule has 7 heteroatoms. The topological polar surface area (TPSA) is 105 Å². The lowest BCUT2D eigenvalue weighted by atomic mass is 10.1. The highest BCUT2D eigenvalue weighted by molar-refractivity contribution is 5.91. The van der Waals surface area contributed by atoms with E-state index in [1.807, 2.05) is 0 Å². The van der Waals surface area contributed by atoms with Crippen molar-refractivity contribution in [2.75, 3.05) is 11.9 Å². The van der Waals surface area contributed by atoms with Gasteiger partial charge in [-0.15, -0.1) is 0 Å². The van der Waals surface area contributed by atoms with Crippen molar-refractivity contribution in [1.29, 1.82) is 0 Å². The molecule has 0 radical (unpaired) electrons. The molecule has 1 aromatic rings. The number of aliphatic hydroxyl groups is 1. The SMILES string of the molecule is Cc1ccc([N+](=O)[O-])c(C)c1NC(=O)N[C@H](C)CCO. The van der Waals surface area contributed by atoms with Gasteiger partial charge < -0.3 is 15.7 Å². The second kappa shape index (κ2) is 6.85. The van der Waals surface area contributed by atoms with Gasteiger partial charge in [0.05, 0.1) is 16.2 Å². The van der Waals surface area contributed by atoms with Crippen molar-refractivity contribution < 1.29 is 14.8 Å². The molecular weight excluding hydrogens is 262 g/mol. The van der Waals surface area contributed by atoms with E-state index in [4.69, 9.17) is 5.11 Å². The number of rotatable bonds is 5. The standard InChI is InChI=1S/C13H19N3O4/c1-8-4-5-11(16(19)20)10(3)12(8)15-13(18)14-9(2)6-7-17/h4-5,9,17H,6-7H2,1-3H3,(H2,14,15,18)/t9-/m1/s1. The van der Waals surface area contributed by atoms with E-state index in [1.165, 1.54) is 6.07 Å². The summed E-state index contributed by atoms with van der Waals surface area (Å²) in [6.45, 7) is 5.11. The summed E-state index contributed by atoms with van der Waals surface area (Å²) in [4.78, 5) is 22.2. The van der Waals surface area contributed by atoms with E-state index in [1.54, 1.807) is 26.8 Å². The Morgan fingerprint density at radius 3 is 2.65 bits per heavy atom. The number of amides is 2. The molecule has 2 amide bonds. The number of aryl methyl sites for hydroxylation is 1. The number of aliphatic hydroxyl groups excluding tert-OH is 1. The lowest BCUT2D eigenvalue weighted by Gasteiger charge is -2.16. The summed E-state index contributed by atoms with van der Waals surface area (Å²) < 4.78 is 0. The van der Waals surface area contributed by atoms with Gasteiger partial charge in [0, 0.05) is 18.7 Å². The maximum atomic E-state index is 11.8. The highest BCUT2D eigenvalue weighted by Crippen LogP contribution is 2.28.